The molecule has 0 heterocycles. The molecule has 0 aliphatic rings. The lowest BCUT2D eigenvalue weighted by Crippen LogP contribution is -2.04. The maximum absolute atomic E-state index is 13.2. The van der Waals surface area contributed by atoms with Gasteiger partial charge in [0.05, 0.1) is 0 Å². The van der Waals surface area contributed by atoms with Crippen molar-refractivity contribution in [2.45, 2.75) is 26.7 Å². The van der Waals surface area contributed by atoms with E-state index in [2.05, 4.69) is 0 Å². The lowest BCUT2D eigenvalue weighted by molar-refractivity contribution is 0.0982. The molecule has 20 heavy (non-hydrogen) atoms. The molecule has 0 fully saturated rings. The Morgan fingerprint density at radius 1 is 1.15 bits per heavy atom. The van der Waals surface area contributed by atoms with E-state index in [1.165, 1.54) is 34.9 Å². The molecule has 1 nitrogen and oxygen atoms in total. The van der Waals surface area contributed by atoms with Gasteiger partial charge in [-0.15, -0.1) is 0 Å². The fourth-order valence-corrected chi connectivity index (χ4v) is 2.56. The third-order valence-corrected chi connectivity index (χ3v) is 3.65. The zero-order chi connectivity index (χ0) is 14.7. The van der Waals surface area contributed by atoms with E-state index in [1.54, 1.807) is 0 Å². The Kier molecular flexibility index (Phi) is 4.56. The van der Waals surface area contributed by atoms with Crippen LogP contribution in [0, 0.1) is 19.7 Å². The van der Waals surface area contributed by atoms with Gasteiger partial charge in [0.15, 0.2) is 5.78 Å². The molecule has 104 valence electrons. The van der Waals surface area contributed by atoms with E-state index in [1.807, 2.05) is 32.0 Å². The normalized spacial score (nSPS) is 10.6. The number of aryl methyl sites for hydroxylation is 2. The molecule has 0 radical (unpaired) electrons. The number of halogens is 2. The Balaban J connectivity index is 2.13. The van der Waals surface area contributed by atoms with E-state index >= 15 is 0 Å². The van der Waals surface area contributed by atoms with Crippen LogP contribution in [0.25, 0.3) is 0 Å². The Bertz CT molecular complexity index is 609. The first-order valence-corrected chi connectivity index (χ1v) is 6.89. The zero-order valence-electron chi connectivity index (χ0n) is 11.5. The summed E-state index contributed by atoms with van der Waals surface area (Å²) < 4.78 is 13.2. The van der Waals surface area contributed by atoms with E-state index < -0.39 is 5.82 Å². The SMILES string of the molecule is Cc1cccc(C)c1CCC(=O)c1cc(F)cc(Cl)c1. The standard InChI is InChI=1S/C17H16ClFO/c1-11-4-3-5-12(2)16(11)6-7-17(20)13-8-14(18)10-15(19)9-13/h3-5,8-10H,6-7H2,1-2H3. The van der Waals surface area contributed by atoms with Gasteiger partial charge in [0.1, 0.15) is 5.82 Å². The second-order valence-electron chi connectivity index (χ2n) is 4.95. The highest BCUT2D eigenvalue weighted by Gasteiger charge is 2.10. The molecule has 2 aromatic carbocycles. The van der Waals surface area contributed by atoms with Crippen molar-refractivity contribution in [2.75, 3.05) is 0 Å². The van der Waals surface area contributed by atoms with Crippen molar-refractivity contribution < 1.29 is 9.18 Å². The maximum Gasteiger partial charge on any atom is 0.163 e. The maximum atomic E-state index is 13.2. The average Bonchev–Trinajstić information content (AvgIpc) is 2.36. The summed E-state index contributed by atoms with van der Waals surface area (Å²) in [6.45, 7) is 4.07. The summed E-state index contributed by atoms with van der Waals surface area (Å²) in [4.78, 5) is 12.1. The number of rotatable bonds is 4. The molecule has 2 rings (SSSR count). The van der Waals surface area contributed by atoms with Crippen molar-refractivity contribution >= 4 is 17.4 Å². The zero-order valence-corrected chi connectivity index (χ0v) is 12.3. The van der Waals surface area contributed by atoms with Gasteiger partial charge in [-0.1, -0.05) is 29.8 Å². The molecular formula is C17H16ClFO. The Labute approximate surface area is 123 Å². The first kappa shape index (κ1) is 14.7. The fourth-order valence-electron chi connectivity index (χ4n) is 2.34. The molecular weight excluding hydrogens is 275 g/mol. The van der Waals surface area contributed by atoms with Gasteiger partial charge in [-0.25, -0.2) is 4.39 Å². The lowest BCUT2D eigenvalue weighted by atomic mass is 9.96. The number of hydrogen-bond donors (Lipinski definition) is 0. The summed E-state index contributed by atoms with van der Waals surface area (Å²) in [5, 5.41) is 0.250. The van der Waals surface area contributed by atoms with Gasteiger partial charge in [0.25, 0.3) is 0 Å². The van der Waals surface area contributed by atoms with Crippen molar-refractivity contribution in [3.05, 3.63) is 69.5 Å². The molecule has 0 spiro atoms. The second-order valence-corrected chi connectivity index (χ2v) is 5.39. The number of Topliss-reactive ketones (excluding diaryl/α,β-unsaturated/α-hetero) is 1. The fraction of sp³-hybridized carbons (Fsp3) is 0.235. The van der Waals surface area contributed by atoms with Crippen molar-refractivity contribution in [2.24, 2.45) is 0 Å². The monoisotopic (exact) mass is 290 g/mol. The van der Waals surface area contributed by atoms with E-state index in [4.69, 9.17) is 11.6 Å². The summed E-state index contributed by atoms with van der Waals surface area (Å²) in [7, 11) is 0. The summed E-state index contributed by atoms with van der Waals surface area (Å²) >= 11 is 5.77. The van der Waals surface area contributed by atoms with Gasteiger partial charge < -0.3 is 0 Å². The van der Waals surface area contributed by atoms with Crippen LogP contribution < -0.4 is 0 Å². The van der Waals surface area contributed by atoms with Crippen LogP contribution in [0.4, 0.5) is 4.39 Å². The van der Waals surface area contributed by atoms with Crippen LogP contribution in [0.15, 0.2) is 36.4 Å². The topological polar surface area (TPSA) is 17.1 Å². The van der Waals surface area contributed by atoms with Crippen molar-refractivity contribution in [3.8, 4) is 0 Å². The number of hydrogen-bond acceptors (Lipinski definition) is 1. The first-order valence-electron chi connectivity index (χ1n) is 6.52. The van der Waals surface area contributed by atoms with Gasteiger partial charge in [-0.3, -0.25) is 4.79 Å². The minimum atomic E-state index is -0.479. The van der Waals surface area contributed by atoms with Crippen LogP contribution in [0.2, 0.25) is 5.02 Å². The lowest BCUT2D eigenvalue weighted by Gasteiger charge is -2.09. The summed E-state index contributed by atoms with van der Waals surface area (Å²) in [5.74, 6) is -0.568. The van der Waals surface area contributed by atoms with Crippen LogP contribution in [-0.4, -0.2) is 5.78 Å². The van der Waals surface area contributed by atoms with Crippen LogP contribution in [-0.2, 0) is 6.42 Å². The van der Waals surface area contributed by atoms with Crippen LogP contribution >= 0.6 is 11.6 Å². The van der Waals surface area contributed by atoms with Gasteiger partial charge in [-0.2, -0.15) is 0 Å². The van der Waals surface area contributed by atoms with Crippen LogP contribution in [0.1, 0.15) is 33.5 Å². The van der Waals surface area contributed by atoms with Gasteiger partial charge in [0.2, 0.25) is 0 Å². The highest BCUT2D eigenvalue weighted by molar-refractivity contribution is 6.31. The molecule has 0 unspecified atom stereocenters. The predicted octanol–water partition coefficient (Wildman–Crippen LogP) is 4.91. The van der Waals surface area contributed by atoms with Gasteiger partial charge in [-0.05, 0) is 55.2 Å². The van der Waals surface area contributed by atoms with E-state index in [-0.39, 0.29) is 10.8 Å². The molecule has 0 aliphatic heterocycles. The highest BCUT2D eigenvalue weighted by Crippen LogP contribution is 2.19. The molecule has 0 bridgehead atoms. The molecule has 0 aliphatic carbocycles. The summed E-state index contributed by atoms with van der Waals surface area (Å²) in [6.07, 6.45) is 1.01. The summed E-state index contributed by atoms with van der Waals surface area (Å²) in [5.41, 5.74) is 3.87. The van der Waals surface area contributed by atoms with Gasteiger partial charge >= 0.3 is 0 Å². The molecule has 2 aromatic rings. The molecule has 3 heteroatoms. The Morgan fingerprint density at radius 2 is 1.80 bits per heavy atom. The van der Waals surface area contributed by atoms with Crippen LogP contribution in [0.5, 0.6) is 0 Å². The van der Waals surface area contributed by atoms with Gasteiger partial charge in [0, 0.05) is 17.0 Å². The largest absolute Gasteiger partial charge is 0.294 e. The molecule has 0 N–H and O–H groups in total. The smallest absolute Gasteiger partial charge is 0.163 e. The minimum absolute atomic E-state index is 0.0888. The third-order valence-electron chi connectivity index (χ3n) is 3.43. The minimum Gasteiger partial charge on any atom is -0.294 e. The number of benzene rings is 2. The Morgan fingerprint density at radius 3 is 2.40 bits per heavy atom. The quantitative estimate of drug-likeness (QED) is 0.731. The van der Waals surface area contributed by atoms with E-state index in [9.17, 15) is 9.18 Å². The molecule has 0 atom stereocenters. The second kappa shape index (κ2) is 6.19. The van der Waals surface area contributed by atoms with Crippen molar-refractivity contribution in [3.63, 3.8) is 0 Å². The number of ketones is 1. The Hall–Kier alpha value is -1.67. The van der Waals surface area contributed by atoms with E-state index in [0.29, 0.717) is 18.4 Å². The molecule has 0 amide bonds. The number of carbonyl (C=O) groups excluding carboxylic acids is 1. The first-order chi connectivity index (χ1) is 9.47. The molecule has 0 saturated heterocycles. The van der Waals surface area contributed by atoms with Crippen molar-refractivity contribution in [1.82, 2.24) is 0 Å². The van der Waals surface area contributed by atoms with E-state index in [0.717, 1.165) is 0 Å². The molecule has 0 aromatic heterocycles. The molecule has 0 saturated carbocycles. The highest BCUT2D eigenvalue weighted by atomic mass is 35.5. The predicted molar refractivity (Wildman–Crippen MR) is 80.0 cm³/mol. The van der Waals surface area contributed by atoms with Crippen LogP contribution in [0.3, 0.4) is 0 Å². The number of carbonyl (C=O) groups is 1. The third kappa shape index (κ3) is 3.45. The average molecular weight is 291 g/mol. The summed E-state index contributed by atoms with van der Waals surface area (Å²) in [6, 6.07) is 10.0. The van der Waals surface area contributed by atoms with Crippen molar-refractivity contribution in [1.29, 1.82) is 0 Å².